The van der Waals surface area contributed by atoms with Gasteiger partial charge in [-0.15, -0.1) is 0 Å². The number of benzene rings is 2. The number of carbonyl (C=O) groups excluding carboxylic acids is 1. The van der Waals surface area contributed by atoms with Gasteiger partial charge in [0.2, 0.25) is 0 Å². The third kappa shape index (κ3) is 4.35. The summed E-state index contributed by atoms with van der Waals surface area (Å²) in [4.78, 5) is 28.5. The van der Waals surface area contributed by atoms with Crippen molar-refractivity contribution in [2.45, 2.75) is 18.7 Å². The molecule has 0 radical (unpaired) electrons. The van der Waals surface area contributed by atoms with Crippen molar-refractivity contribution in [3.8, 4) is 5.69 Å². The Morgan fingerprint density at radius 2 is 1.76 bits per heavy atom. The van der Waals surface area contributed by atoms with Crippen LogP contribution in [0.5, 0.6) is 0 Å². The molecule has 2 heterocycles. The Labute approximate surface area is 196 Å². The van der Waals surface area contributed by atoms with Crippen molar-refractivity contribution < 1.29 is 18.2 Å². The number of H-pyrrole nitrogens is 1. The van der Waals surface area contributed by atoms with Gasteiger partial charge in [-0.3, -0.25) is 14.3 Å². The Balaban J connectivity index is 1.68. The van der Waals surface area contributed by atoms with Crippen molar-refractivity contribution in [1.29, 1.82) is 0 Å². The molecule has 2 N–H and O–H groups in total. The number of hydrogen-bond acceptors (Lipinski definition) is 4. The minimum absolute atomic E-state index is 0.183. The van der Waals surface area contributed by atoms with E-state index in [1.807, 2.05) is 6.07 Å². The molecule has 0 aliphatic heterocycles. The maximum absolute atomic E-state index is 13.1. The molecule has 0 spiro atoms. The zero-order valence-corrected chi connectivity index (χ0v) is 19.6. The summed E-state index contributed by atoms with van der Waals surface area (Å²) >= 11 is 0. The third-order valence-corrected chi connectivity index (χ3v) is 6.72. The number of hydrogen-bond donors (Lipinski definition) is 1. The number of para-hydroxylation sites is 1. The molecule has 0 saturated carbocycles. The molecule has 34 heavy (non-hydrogen) atoms. The molecule has 4 rings (SSSR count). The van der Waals surface area contributed by atoms with Crippen molar-refractivity contribution in [2.75, 3.05) is 5.32 Å². The maximum Gasteiger partial charge on any atom is 0.257 e. The van der Waals surface area contributed by atoms with Crippen molar-refractivity contribution in [2.24, 2.45) is 7.05 Å². The normalized spacial score (nSPS) is 11.3. The highest BCUT2D eigenvalue weighted by atomic mass is 32.2. The predicted molar refractivity (Wildman–Crippen MR) is 128 cm³/mol. The highest BCUT2D eigenvalue weighted by molar-refractivity contribution is 7.94. The maximum atomic E-state index is 13.1. The van der Waals surface area contributed by atoms with E-state index in [9.17, 15) is 18.0 Å². The van der Waals surface area contributed by atoms with Gasteiger partial charge in [-0.05, 0) is 55.4 Å². The number of pyridine rings is 1. The molecule has 0 atom stereocenters. The van der Waals surface area contributed by atoms with Crippen molar-refractivity contribution in [3.05, 3.63) is 105 Å². The first kappa shape index (κ1) is 23.0. The number of carbonyl (C=O) groups is 1. The standard InChI is InChI=1S/C24H22N5O4S/c1-16-11-12-20(14-21(16)23(30)26-18-8-7-13-25-15-18)34(32,33)27-22-17(2)28(3)29(24(22)31)19-9-5-4-6-10-19/h4-15H,1-3H3,(H,26,30)/q-1/p+1. The summed E-state index contributed by atoms with van der Waals surface area (Å²) in [5, 5.41) is 2.72. The van der Waals surface area contributed by atoms with Gasteiger partial charge in [0.25, 0.3) is 11.5 Å². The summed E-state index contributed by atoms with van der Waals surface area (Å²) in [7, 11) is -2.62. The van der Waals surface area contributed by atoms with E-state index in [1.165, 1.54) is 22.9 Å². The zero-order valence-electron chi connectivity index (χ0n) is 18.8. The number of anilines is 1. The lowest BCUT2D eigenvalue weighted by Gasteiger charge is -2.21. The summed E-state index contributed by atoms with van der Waals surface area (Å²) in [6.07, 6.45) is 3.31. The summed E-state index contributed by atoms with van der Waals surface area (Å²) in [6.45, 7) is 3.33. The van der Waals surface area contributed by atoms with E-state index in [0.29, 0.717) is 22.6 Å². The SMILES string of the molecule is Cc1ccc(S(=O)(=O)[N-]c2c(C)n(C)n(-c3ccccc3)c2=O)cc1C(=O)Nc1ccc[nH+]c1. The smallest absolute Gasteiger partial charge is 0.257 e. The number of aryl methyl sites for hydroxylation is 1. The van der Waals surface area contributed by atoms with E-state index >= 15 is 0 Å². The number of aromatic amines is 1. The molecular formula is C24H23N5O4S. The van der Waals surface area contributed by atoms with Crippen molar-refractivity contribution >= 4 is 27.3 Å². The second-order valence-electron chi connectivity index (χ2n) is 7.70. The van der Waals surface area contributed by atoms with E-state index in [-0.39, 0.29) is 16.1 Å². The van der Waals surface area contributed by atoms with E-state index < -0.39 is 21.5 Å². The van der Waals surface area contributed by atoms with E-state index in [4.69, 9.17) is 0 Å². The predicted octanol–water partition coefficient (Wildman–Crippen LogP) is 3.25. The second-order valence-corrected chi connectivity index (χ2v) is 9.30. The van der Waals surface area contributed by atoms with Crippen LogP contribution in [0.25, 0.3) is 10.4 Å². The topological polar surface area (TPSA) is 118 Å². The highest BCUT2D eigenvalue weighted by Crippen LogP contribution is 2.30. The number of sulfonamides is 1. The highest BCUT2D eigenvalue weighted by Gasteiger charge is 2.17. The number of nitrogens with zero attached hydrogens (tertiary/aromatic N) is 3. The van der Waals surface area contributed by atoms with E-state index in [0.717, 1.165) is 0 Å². The minimum Gasteiger partial charge on any atom is -0.567 e. The van der Waals surface area contributed by atoms with Gasteiger partial charge in [-0.2, -0.15) is 0 Å². The summed E-state index contributed by atoms with van der Waals surface area (Å²) in [5.41, 5.74) is 1.56. The quantitative estimate of drug-likeness (QED) is 0.458. The summed E-state index contributed by atoms with van der Waals surface area (Å²) in [6, 6.07) is 16.5. The van der Waals surface area contributed by atoms with E-state index in [1.54, 1.807) is 74.4 Å². The molecule has 4 aromatic rings. The second kappa shape index (κ2) is 8.99. The first-order chi connectivity index (χ1) is 16.2. The molecule has 2 aromatic heterocycles. The lowest BCUT2D eigenvalue weighted by molar-refractivity contribution is -0.377. The lowest BCUT2D eigenvalue weighted by atomic mass is 10.1. The molecule has 0 aliphatic rings. The fourth-order valence-electron chi connectivity index (χ4n) is 3.51. The van der Waals surface area contributed by atoms with Crippen molar-refractivity contribution in [1.82, 2.24) is 9.36 Å². The Hall–Kier alpha value is -4.18. The van der Waals surface area contributed by atoms with Crippen LogP contribution in [-0.4, -0.2) is 23.7 Å². The molecule has 9 nitrogen and oxygen atoms in total. The van der Waals surface area contributed by atoms with Crippen LogP contribution in [0.15, 0.2) is 82.7 Å². The molecule has 2 aromatic carbocycles. The first-order valence-corrected chi connectivity index (χ1v) is 11.8. The van der Waals surface area contributed by atoms with Gasteiger partial charge in [0, 0.05) is 24.4 Å². The number of aromatic nitrogens is 3. The third-order valence-electron chi connectivity index (χ3n) is 5.45. The van der Waals surface area contributed by atoms with Crippen LogP contribution >= 0.6 is 0 Å². The largest absolute Gasteiger partial charge is 0.567 e. The Morgan fingerprint density at radius 3 is 2.44 bits per heavy atom. The Morgan fingerprint density at radius 1 is 1.03 bits per heavy atom. The number of rotatable bonds is 6. The monoisotopic (exact) mass is 477 g/mol. The van der Waals surface area contributed by atoms with Gasteiger partial charge in [0.1, 0.15) is 15.7 Å². The molecule has 10 heteroatoms. The van der Waals surface area contributed by atoms with Gasteiger partial charge in [-0.1, -0.05) is 24.3 Å². The van der Waals surface area contributed by atoms with Gasteiger partial charge in [-0.25, -0.2) is 18.1 Å². The van der Waals surface area contributed by atoms with Gasteiger partial charge < -0.3 is 10.0 Å². The molecule has 0 saturated heterocycles. The van der Waals surface area contributed by atoms with Crippen LogP contribution < -0.4 is 15.9 Å². The first-order valence-electron chi connectivity index (χ1n) is 10.4. The fourth-order valence-corrected chi connectivity index (χ4v) is 4.57. The summed E-state index contributed by atoms with van der Waals surface area (Å²) < 4.78 is 33.1. The zero-order chi connectivity index (χ0) is 24.5. The Bertz CT molecular complexity index is 1530. The molecule has 0 fully saturated rings. The molecule has 174 valence electrons. The molecule has 0 aliphatic carbocycles. The Kier molecular flexibility index (Phi) is 6.08. The average molecular weight is 478 g/mol. The van der Waals surface area contributed by atoms with Crippen LogP contribution in [0.1, 0.15) is 21.6 Å². The fraction of sp³-hybridized carbons (Fsp3) is 0.125. The van der Waals surface area contributed by atoms with Crippen molar-refractivity contribution in [3.63, 3.8) is 0 Å². The van der Waals surface area contributed by atoms with Gasteiger partial charge in [0.05, 0.1) is 10.6 Å². The van der Waals surface area contributed by atoms with Gasteiger partial charge >= 0.3 is 0 Å². The minimum atomic E-state index is -4.28. The van der Waals surface area contributed by atoms with Crippen LogP contribution in [0.3, 0.4) is 0 Å². The van der Waals surface area contributed by atoms with Crippen LogP contribution in [-0.2, 0) is 17.1 Å². The van der Waals surface area contributed by atoms with Gasteiger partial charge in [0.15, 0.2) is 12.4 Å². The average Bonchev–Trinajstić information content (AvgIpc) is 3.03. The van der Waals surface area contributed by atoms with Crippen LogP contribution in [0.4, 0.5) is 11.4 Å². The number of amides is 1. The van der Waals surface area contributed by atoms with E-state index in [2.05, 4.69) is 15.0 Å². The molecule has 1 amide bonds. The molecular weight excluding hydrogens is 454 g/mol. The van der Waals surface area contributed by atoms with Crippen LogP contribution in [0, 0.1) is 13.8 Å². The lowest BCUT2D eigenvalue weighted by Crippen LogP contribution is -2.19. The molecule has 0 unspecified atom stereocenters. The summed E-state index contributed by atoms with van der Waals surface area (Å²) in [5.74, 6) is -0.462. The number of nitrogens with one attached hydrogen (secondary N) is 2. The molecule has 0 bridgehead atoms. The van der Waals surface area contributed by atoms with Crippen LogP contribution in [0.2, 0.25) is 0 Å².